The van der Waals surface area contributed by atoms with Crippen molar-refractivity contribution in [2.45, 2.75) is 20.8 Å². The third kappa shape index (κ3) is 5.82. The van der Waals surface area contributed by atoms with Crippen molar-refractivity contribution in [2.75, 3.05) is 18.5 Å². The number of benzene rings is 1. The molecule has 0 aliphatic heterocycles. The predicted molar refractivity (Wildman–Crippen MR) is 115 cm³/mol. The van der Waals surface area contributed by atoms with Gasteiger partial charge in [0, 0.05) is 6.08 Å². The maximum absolute atomic E-state index is 12.4. The number of hydrogen-bond donors (Lipinski definition) is 1. The highest BCUT2D eigenvalue weighted by molar-refractivity contribution is 7.18. The highest BCUT2D eigenvalue weighted by Crippen LogP contribution is 2.34. The predicted octanol–water partition coefficient (Wildman–Crippen LogP) is 5.37. The fraction of sp³-hybridized carbons (Fsp3) is 0.250. The zero-order valence-corrected chi connectivity index (χ0v) is 18.3. The van der Waals surface area contributed by atoms with Gasteiger partial charge in [0.1, 0.15) is 9.88 Å². The Bertz CT molecular complexity index is 968. The minimum atomic E-state index is -0.624. The minimum Gasteiger partial charge on any atom is -0.462 e. The van der Waals surface area contributed by atoms with Crippen molar-refractivity contribution in [1.29, 1.82) is 0 Å². The molecule has 9 heteroatoms. The van der Waals surface area contributed by atoms with Crippen LogP contribution in [0.2, 0.25) is 10.0 Å². The Hall–Kier alpha value is -2.35. The summed E-state index contributed by atoms with van der Waals surface area (Å²) in [6.45, 7) is 5.32. The fourth-order valence-corrected chi connectivity index (χ4v) is 3.78. The lowest BCUT2D eigenvalue weighted by atomic mass is 10.1. The van der Waals surface area contributed by atoms with Gasteiger partial charge in [0.05, 0.1) is 28.8 Å². The minimum absolute atomic E-state index is 0.135. The van der Waals surface area contributed by atoms with Gasteiger partial charge in [-0.3, -0.25) is 4.79 Å². The molecule has 154 valence electrons. The van der Waals surface area contributed by atoms with Gasteiger partial charge in [-0.05, 0) is 50.1 Å². The average Bonchev–Trinajstić information content (AvgIpc) is 2.99. The molecule has 1 aromatic carbocycles. The maximum Gasteiger partial charge on any atom is 0.348 e. The molecule has 1 aromatic heterocycles. The van der Waals surface area contributed by atoms with E-state index in [-0.39, 0.29) is 28.7 Å². The van der Waals surface area contributed by atoms with Gasteiger partial charge in [-0.1, -0.05) is 29.3 Å². The second-order valence-corrected chi connectivity index (χ2v) is 7.53. The van der Waals surface area contributed by atoms with Crippen LogP contribution in [-0.4, -0.2) is 31.1 Å². The number of nitrogens with one attached hydrogen (secondary N) is 1. The largest absolute Gasteiger partial charge is 0.462 e. The second-order valence-electron chi connectivity index (χ2n) is 5.70. The third-order valence-electron chi connectivity index (χ3n) is 3.69. The Kier molecular flexibility index (Phi) is 8.25. The highest BCUT2D eigenvalue weighted by Gasteiger charge is 2.27. The molecule has 1 heterocycles. The summed E-state index contributed by atoms with van der Waals surface area (Å²) in [5.74, 6) is -1.67. The van der Waals surface area contributed by atoms with Crippen molar-refractivity contribution >= 4 is 63.5 Å². The molecule has 2 aromatic rings. The van der Waals surface area contributed by atoms with Gasteiger partial charge in [0.15, 0.2) is 0 Å². The summed E-state index contributed by atoms with van der Waals surface area (Å²) in [5.41, 5.74) is 1.21. The zero-order valence-electron chi connectivity index (χ0n) is 16.0. The molecule has 0 bridgehead atoms. The maximum atomic E-state index is 12.4. The van der Waals surface area contributed by atoms with Crippen LogP contribution in [0.3, 0.4) is 0 Å². The molecule has 1 amide bonds. The number of ether oxygens (including phenoxy) is 2. The number of carbonyl (C=O) groups excluding carboxylic acids is 3. The number of amides is 1. The van der Waals surface area contributed by atoms with Crippen LogP contribution in [-0.2, 0) is 14.3 Å². The molecule has 0 saturated carbocycles. The Labute approximate surface area is 182 Å². The van der Waals surface area contributed by atoms with E-state index in [1.807, 2.05) is 0 Å². The van der Waals surface area contributed by atoms with Gasteiger partial charge >= 0.3 is 11.9 Å². The molecule has 1 N–H and O–H groups in total. The van der Waals surface area contributed by atoms with Crippen LogP contribution in [0.5, 0.6) is 0 Å². The normalized spacial score (nSPS) is 10.8. The van der Waals surface area contributed by atoms with E-state index in [0.29, 0.717) is 21.2 Å². The first-order valence-electron chi connectivity index (χ1n) is 8.70. The van der Waals surface area contributed by atoms with Crippen molar-refractivity contribution in [3.8, 4) is 0 Å². The van der Waals surface area contributed by atoms with Gasteiger partial charge in [-0.15, -0.1) is 11.3 Å². The van der Waals surface area contributed by atoms with Crippen LogP contribution in [0.4, 0.5) is 5.00 Å². The smallest absolute Gasteiger partial charge is 0.348 e. The van der Waals surface area contributed by atoms with Crippen molar-refractivity contribution in [3.63, 3.8) is 0 Å². The third-order valence-corrected chi connectivity index (χ3v) is 5.62. The van der Waals surface area contributed by atoms with Crippen LogP contribution < -0.4 is 5.32 Å². The van der Waals surface area contributed by atoms with Crippen LogP contribution in [0, 0.1) is 6.92 Å². The number of esters is 2. The molecule has 0 aliphatic rings. The summed E-state index contributed by atoms with van der Waals surface area (Å²) in [6.07, 6.45) is 2.84. The van der Waals surface area contributed by atoms with Gasteiger partial charge in [-0.2, -0.15) is 0 Å². The first-order chi connectivity index (χ1) is 13.8. The average molecular weight is 456 g/mol. The molecule has 2 rings (SSSR count). The molecule has 0 saturated heterocycles. The molecule has 0 atom stereocenters. The van der Waals surface area contributed by atoms with E-state index < -0.39 is 17.8 Å². The summed E-state index contributed by atoms with van der Waals surface area (Å²) in [6, 6.07) is 4.94. The molecule has 0 unspecified atom stereocenters. The quantitative estimate of drug-likeness (QED) is 0.448. The van der Waals surface area contributed by atoms with Crippen molar-refractivity contribution in [2.24, 2.45) is 0 Å². The Morgan fingerprint density at radius 1 is 1.07 bits per heavy atom. The number of carbonyl (C=O) groups is 3. The number of rotatable bonds is 7. The van der Waals surface area contributed by atoms with E-state index in [1.54, 1.807) is 45.0 Å². The van der Waals surface area contributed by atoms with Gasteiger partial charge in [-0.25, -0.2) is 9.59 Å². The van der Waals surface area contributed by atoms with E-state index in [0.717, 1.165) is 11.3 Å². The fourth-order valence-electron chi connectivity index (χ4n) is 2.38. The van der Waals surface area contributed by atoms with Crippen LogP contribution in [0.15, 0.2) is 24.3 Å². The Morgan fingerprint density at radius 3 is 2.34 bits per heavy atom. The van der Waals surface area contributed by atoms with Gasteiger partial charge in [0.2, 0.25) is 5.91 Å². The summed E-state index contributed by atoms with van der Waals surface area (Å²) >= 11 is 12.8. The summed E-state index contributed by atoms with van der Waals surface area (Å²) in [4.78, 5) is 37.1. The molecular weight excluding hydrogens is 437 g/mol. The van der Waals surface area contributed by atoms with E-state index in [2.05, 4.69) is 5.32 Å². The lowest BCUT2D eigenvalue weighted by molar-refractivity contribution is -0.111. The second kappa shape index (κ2) is 10.4. The highest BCUT2D eigenvalue weighted by atomic mass is 35.5. The number of anilines is 1. The first kappa shape index (κ1) is 22.9. The molecule has 0 fully saturated rings. The first-order valence-corrected chi connectivity index (χ1v) is 10.3. The van der Waals surface area contributed by atoms with Gasteiger partial charge < -0.3 is 14.8 Å². The zero-order chi connectivity index (χ0) is 21.6. The van der Waals surface area contributed by atoms with Crippen LogP contribution in [0.1, 0.15) is 45.0 Å². The van der Waals surface area contributed by atoms with Crippen LogP contribution in [0.25, 0.3) is 6.08 Å². The van der Waals surface area contributed by atoms with Crippen molar-refractivity contribution < 1.29 is 23.9 Å². The molecule has 6 nitrogen and oxygen atoms in total. The molecule has 0 aliphatic carbocycles. The number of hydrogen-bond acceptors (Lipinski definition) is 6. The molecule has 0 radical (unpaired) electrons. The summed E-state index contributed by atoms with van der Waals surface area (Å²) in [7, 11) is 0. The number of thiophene rings is 1. The standard InChI is InChI=1S/C20H19Cl2NO5S/c1-4-27-19(25)16-11(3)17(20(26)28-5-2)29-18(16)23-15(24)9-7-12-6-8-13(21)14(22)10-12/h6-10H,4-5H2,1-3H3,(H,23,24)/b9-7+. The Balaban J connectivity index is 2.29. The molecule has 29 heavy (non-hydrogen) atoms. The van der Waals surface area contributed by atoms with Gasteiger partial charge in [0.25, 0.3) is 0 Å². The monoisotopic (exact) mass is 455 g/mol. The SMILES string of the molecule is CCOC(=O)c1sc(NC(=O)/C=C/c2ccc(Cl)c(Cl)c2)c(C(=O)OCC)c1C. The van der Waals surface area contributed by atoms with Crippen molar-refractivity contribution in [1.82, 2.24) is 0 Å². The lowest BCUT2D eigenvalue weighted by Gasteiger charge is -2.05. The summed E-state index contributed by atoms with van der Waals surface area (Å²) in [5, 5.41) is 3.62. The van der Waals surface area contributed by atoms with E-state index in [1.165, 1.54) is 6.08 Å². The summed E-state index contributed by atoms with van der Waals surface area (Å²) < 4.78 is 10.1. The molecular formula is C20H19Cl2NO5S. The lowest BCUT2D eigenvalue weighted by Crippen LogP contribution is -2.13. The van der Waals surface area contributed by atoms with Crippen molar-refractivity contribution in [3.05, 3.63) is 55.9 Å². The molecule has 0 spiro atoms. The van der Waals surface area contributed by atoms with Crippen LogP contribution >= 0.6 is 34.5 Å². The number of halogens is 2. The van der Waals surface area contributed by atoms with E-state index in [9.17, 15) is 14.4 Å². The Morgan fingerprint density at radius 2 is 1.72 bits per heavy atom. The topological polar surface area (TPSA) is 81.7 Å². The van der Waals surface area contributed by atoms with E-state index in [4.69, 9.17) is 32.7 Å². The van der Waals surface area contributed by atoms with E-state index >= 15 is 0 Å².